The SMILES string of the molecule is COC(=O)c1cc(C)nc(-c2cnn(C)c2OCCN2CC3CCC(n4c(N)nc5ccccc54)(C3)C2)c1. The van der Waals surface area contributed by atoms with Gasteiger partial charge in [0, 0.05) is 32.4 Å². The number of aryl methyl sites for hydroxylation is 2. The number of anilines is 1. The maximum absolute atomic E-state index is 12.1. The third-order valence-corrected chi connectivity index (χ3v) is 7.96. The molecule has 6 rings (SSSR count). The molecule has 2 bridgehead atoms. The molecular weight excluding hydrogens is 482 g/mol. The molecule has 2 unspecified atom stereocenters. The number of hydrogen-bond acceptors (Lipinski definition) is 8. The van der Waals surface area contributed by atoms with Gasteiger partial charge in [0.2, 0.25) is 11.8 Å². The number of esters is 1. The van der Waals surface area contributed by atoms with Gasteiger partial charge in [0.1, 0.15) is 6.61 Å². The predicted molar refractivity (Wildman–Crippen MR) is 144 cm³/mol. The van der Waals surface area contributed by atoms with E-state index < -0.39 is 5.97 Å². The van der Waals surface area contributed by atoms with Crippen LogP contribution in [0.25, 0.3) is 22.3 Å². The first-order chi connectivity index (χ1) is 18.4. The molecule has 1 aliphatic carbocycles. The van der Waals surface area contributed by atoms with Gasteiger partial charge in [-0.25, -0.2) is 14.5 Å². The average Bonchev–Trinajstić information content (AvgIpc) is 3.55. The predicted octanol–water partition coefficient (Wildman–Crippen LogP) is 3.40. The lowest BCUT2D eigenvalue weighted by Crippen LogP contribution is -2.49. The zero-order valence-electron chi connectivity index (χ0n) is 22.1. The van der Waals surface area contributed by atoms with Crippen LogP contribution in [-0.2, 0) is 17.3 Å². The van der Waals surface area contributed by atoms with Crippen LogP contribution in [0.3, 0.4) is 0 Å². The summed E-state index contributed by atoms with van der Waals surface area (Å²) in [5, 5.41) is 4.40. The van der Waals surface area contributed by atoms with Gasteiger partial charge in [-0.05, 0) is 56.4 Å². The standard InChI is InChI=1S/C28H33N7O3/c1-18-12-20(26(36)37-3)13-23(31-18)21-15-30-33(2)25(21)38-11-10-34-16-19-8-9-28(14-19,17-34)35-24-7-5-4-6-22(24)32-27(35)29/h4-7,12-13,15,19H,8-11,14,16-17H2,1-3H3,(H2,29,32). The smallest absolute Gasteiger partial charge is 0.337 e. The first-order valence-corrected chi connectivity index (χ1v) is 13.0. The molecule has 38 heavy (non-hydrogen) atoms. The number of hydrogen-bond donors (Lipinski definition) is 1. The van der Waals surface area contributed by atoms with Crippen molar-refractivity contribution in [1.29, 1.82) is 0 Å². The van der Waals surface area contributed by atoms with Crippen LogP contribution in [0.1, 0.15) is 35.3 Å². The number of pyridine rings is 1. The molecule has 2 fully saturated rings. The number of methoxy groups -OCH3 is 1. The summed E-state index contributed by atoms with van der Waals surface area (Å²) < 4.78 is 15.2. The Hall–Kier alpha value is -3.92. The summed E-state index contributed by atoms with van der Waals surface area (Å²) in [6.45, 7) is 5.11. The number of aromatic nitrogens is 5. The van der Waals surface area contributed by atoms with Gasteiger partial charge in [0.05, 0.1) is 46.7 Å². The molecule has 2 atom stereocenters. The Morgan fingerprint density at radius 3 is 2.92 bits per heavy atom. The molecule has 198 valence electrons. The molecule has 10 nitrogen and oxygen atoms in total. The van der Waals surface area contributed by atoms with Crippen LogP contribution in [0.5, 0.6) is 5.88 Å². The molecule has 3 aromatic heterocycles. The number of nitrogens with two attached hydrogens (primary N) is 1. The molecule has 1 aromatic carbocycles. The van der Waals surface area contributed by atoms with Crippen molar-refractivity contribution >= 4 is 23.0 Å². The first kappa shape index (κ1) is 24.4. The summed E-state index contributed by atoms with van der Waals surface area (Å²) in [4.78, 5) is 23.9. The van der Waals surface area contributed by atoms with Crippen LogP contribution >= 0.6 is 0 Å². The van der Waals surface area contributed by atoms with E-state index in [0.717, 1.165) is 54.8 Å². The minimum Gasteiger partial charge on any atom is -0.476 e. The number of benzene rings is 1. The molecule has 1 saturated carbocycles. The lowest BCUT2D eigenvalue weighted by atomic mass is 9.90. The highest BCUT2D eigenvalue weighted by Crippen LogP contribution is 2.47. The molecule has 1 saturated heterocycles. The number of fused-ring (bicyclic) bond motifs is 3. The fourth-order valence-corrected chi connectivity index (χ4v) is 6.43. The van der Waals surface area contributed by atoms with Crippen molar-refractivity contribution < 1.29 is 14.3 Å². The second-order valence-electron chi connectivity index (χ2n) is 10.6. The normalized spacial score (nSPS) is 21.2. The largest absolute Gasteiger partial charge is 0.476 e. The van der Waals surface area contributed by atoms with Crippen LogP contribution in [0, 0.1) is 12.8 Å². The highest BCUT2D eigenvalue weighted by molar-refractivity contribution is 5.90. The van der Waals surface area contributed by atoms with Gasteiger partial charge in [-0.3, -0.25) is 9.88 Å². The zero-order chi connectivity index (χ0) is 26.4. The number of imidazole rings is 1. The fraction of sp³-hybridized carbons (Fsp3) is 0.429. The van der Waals surface area contributed by atoms with Gasteiger partial charge in [-0.2, -0.15) is 5.10 Å². The van der Waals surface area contributed by atoms with E-state index >= 15 is 0 Å². The monoisotopic (exact) mass is 515 g/mol. The fourth-order valence-electron chi connectivity index (χ4n) is 6.43. The van der Waals surface area contributed by atoms with Gasteiger partial charge in [0.15, 0.2) is 0 Å². The Balaban J connectivity index is 1.19. The quantitative estimate of drug-likeness (QED) is 0.373. The molecular formula is C28H33N7O3. The number of piperidine rings is 1. The average molecular weight is 516 g/mol. The number of nitrogens with zero attached hydrogens (tertiary/aromatic N) is 6. The second-order valence-corrected chi connectivity index (χ2v) is 10.6. The highest BCUT2D eigenvalue weighted by atomic mass is 16.5. The van der Waals surface area contributed by atoms with E-state index in [1.54, 1.807) is 23.0 Å². The summed E-state index contributed by atoms with van der Waals surface area (Å²) in [5.41, 5.74) is 11.0. The van der Waals surface area contributed by atoms with E-state index in [1.165, 1.54) is 13.5 Å². The van der Waals surface area contributed by atoms with Crippen molar-refractivity contribution in [3.05, 3.63) is 53.9 Å². The zero-order valence-corrected chi connectivity index (χ0v) is 22.1. The molecule has 0 amide bonds. The maximum atomic E-state index is 12.1. The Morgan fingerprint density at radius 1 is 1.24 bits per heavy atom. The number of rotatable bonds is 7. The molecule has 10 heteroatoms. The summed E-state index contributed by atoms with van der Waals surface area (Å²) in [5.74, 6) is 1.45. The van der Waals surface area contributed by atoms with Gasteiger partial charge < -0.3 is 19.8 Å². The molecule has 2 aliphatic rings. The number of para-hydroxylation sites is 2. The van der Waals surface area contributed by atoms with E-state index in [9.17, 15) is 4.79 Å². The van der Waals surface area contributed by atoms with Crippen molar-refractivity contribution in [2.75, 3.05) is 39.1 Å². The number of carbonyl (C=O) groups excluding carboxylic acids is 1. The number of nitrogen functional groups attached to an aromatic ring is 1. The van der Waals surface area contributed by atoms with Gasteiger partial charge in [-0.15, -0.1) is 0 Å². The van der Waals surface area contributed by atoms with Crippen LogP contribution in [0.4, 0.5) is 5.95 Å². The van der Waals surface area contributed by atoms with E-state index in [-0.39, 0.29) is 5.54 Å². The van der Waals surface area contributed by atoms with E-state index in [1.807, 2.05) is 26.1 Å². The molecule has 4 heterocycles. The summed E-state index contributed by atoms with van der Waals surface area (Å²) in [6, 6.07) is 11.6. The topological polar surface area (TPSA) is 113 Å². The van der Waals surface area contributed by atoms with Gasteiger partial charge in [0.25, 0.3) is 0 Å². The van der Waals surface area contributed by atoms with Crippen molar-refractivity contribution in [1.82, 2.24) is 29.2 Å². The molecule has 0 radical (unpaired) electrons. The molecule has 2 N–H and O–H groups in total. The third-order valence-electron chi connectivity index (χ3n) is 7.96. The van der Waals surface area contributed by atoms with Crippen molar-refractivity contribution in [3.8, 4) is 17.1 Å². The van der Waals surface area contributed by atoms with Crippen LogP contribution < -0.4 is 10.5 Å². The summed E-state index contributed by atoms with van der Waals surface area (Å²) in [6.07, 6.45) is 5.15. The molecule has 1 aliphatic heterocycles. The van der Waals surface area contributed by atoms with Gasteiger partial charge in [-0.1, -0.05) is 12.1 Å². The minimum atomic E-state index is -0.400. The highest BCUT2D eigenvalue weighted by Gasteiger charge is 2.47. The Bertz CT molecular complexity index is 1510. The minimum absolute atomic E-state index is 0.0451. The van der Waals surface area contributed by atoms with Crippen molar-refractivity contribution in [2.45, 2.75) is 31.7 Å². The Morgan fingerprint density at radius 2 is 2.08 bits per heavy atom. The van der Waals surface area contributed by atoms with Crippen LogP contribution in [0.15, 0.2) is 42.6 Å². The van der Waals surface area contributed by atoms with E-state index in [0.29, 0.717) is 35.6 Å². The third kappa shape index (κ3) is 4.18. The maximum Gasteiger partial charge on any atom is 0.337 e. The lowest BCUT2D eigenvalue weighted by Gasteiger charge is -2.42. The first-order valence-electron chi connectivity index (χ1n) is 13.0. The van der Waals surface area contributed by atoms with E-state index in [2.05, 4.69) is 36.7 Å². The second kappa shape index (κ2) is 9.43. The number of likely N-dealkylation sites (tertiary alicyclic amines) is 1. The number of ether oxygens (including phenoxy) is 2. The van der Waals surface area contributed by atoms with Gasteiger partial charge >= 0.3 is 5.97 Å². The summed E-state index contributed by atoms with van der Waals surface area (Å²) in [7, 11) is 3.22. The van der Waals surface area contributed by atoms with Crippen LogP contribution in [0.2, 0.25) is 0 Å². The van der Waals surface area contributed by atoms with Crippen molar-refractivity contribution in [2.24, 2.45) is 13.0 Å². The lowest BCUT2D eigenvalue weighted by molar-refractivity contribution is 0.0600. The summed E-state index contributed by atoms with van der Waals surface area (Å²) >= 11 is 0. The molecule has 4 aromatic rings. The van der Waals surface area contributed by atoms with Crippen molar-refractivity contribution in [3.63, 3.8) is 0 Å². The van der Waals surface area contributed by atoms with Crippen LogP contribution in [-0.4, -0.2) is 68.5 Å². The Kier molecular flexibility index (Phi) is 6.06. The number of carbonyl (C=O) groups is 1. The van der Waals surface area contributed by atoms with E-state index in [4.69, 9.17) is 15.2 Å². The Labute approximate surface area is 221 Å². The molecule has 0 spiro atoms.